The molecule has 0 spiro atoms. The lowest BCUT2D eigenvalue weighted by atomic mass is 9.89. The fourth-order valence-electron chi connectivity index (χ4n) is 2.13. The van der Waals surface area contributed by atoms with E-state index in [-0.39, 0.29) is 17.5 Å². The summed E-state index contributed by atoms with van der Waals surface area (Å²) in [6, 6.07) is 11.9. The molecule has 20 heavy (non-hydrogen) atoms. The van der Waals surface area contributed by atoms with Gasteiger partial charge in [-0.3, -0.25) is 4.79 Å². The highest BCUT2D eigenvalue weighted by Gasteiger charge is 2.18. The number of hydrogen-bond acceptors (Lipinski definition) is 1. The number of Topliss-reactive ketones (excluding diaryl/α,β-unsaturated/α-hetero) is 1. The van der Waals surface area contributed by atoms with Crippen molar-refractivity contribution >= 4 is 33.3 Å². The molecule has 0 bridgehead atoms. The van der Waals surface area contributed by atoms with Gasteiger partial charge in [-0.2, -0.15) is 0 Å². The second kappa shape index (κ2) is 6.51. The largest absolute Gasteiger partial charge is 0.299 e. The van der Waals surface area contributed by atoms with Crippen LogP contribution in [0.4, 0.5) is 4.39 Å². The molecule has 2 aromatic carbocycles. The molecule has 1 atom stereocenters. The molecule has 0 N–H and O–H groups in total. The van der Waals surface area contributed by atoms with Crippen molar-refractivity contribution in [1.82, 2.24) is 0 Å². The third-order valence-electron chi connectivity index (χ3n) is 3.13. The Morgan fingerprint density at radius 3 is 2.45 bits per heavy atom. The van der Waals surface area contributed by atoms with Gasteiger partial charge in [0.2, 0.25) is 0 Å². The van der Waals surface area contributed by atoms with Crippen LogP contribution >= 0.6 is 27.5 Å². The molecule has 1 unspecified atom stereocenters. The number of benzene rings is 2. The summed E-state index contributed by atoms with van der Waals surface area (Å²) < 4.78 is 14.1. The first-order chi connectivity index (χ1) is 9.45. The molecule has 0 aliphatic heterocycles. The van der Waals surface area contributed by atoms with Crippen LogP contribution in [0, 0.1) is 5.82 Å². The molecular weight excluding hydrogens is 343 g/mol. The summed E-state index contributed by atoms with van der Waals surface area (Å²) in [6.07, 6.45) is 0.530. The van der Waals surface area contributed by atoms with Crippen molar-refractivity contribution in [2.75, 3.05) is 0 Å². The number of halogens is 3. The topological polar surface area (TPSA) is 17.1 Å². The van der Waals surface area contributed by atoms with Crippen molar-refractivity contribution in [2.45, 2.75) is 19.3 Å². The predicted molar refractivity (Wildman–Crippen MR) is 82.7 cm³/mol. The molecule has 104 valence electrons. The van der Waals surface area contributed by atoms with Gasteiger partial charge in [-0.05, 0) is 54.8 Å². The first-order valence-electron chi connectivity index (χ1n) is 6.16. The lowest BCUT2D eigenvalue weighted by molar-refractivity contribution is -0.118. The second-order valence-electron chi connectivity index (χ2n) is 4.70. The molecule has 0 amide bonds. The molecular formula is C16H13BrClFO. The van der Waals surface area contributed by atoms with E-state index >= 15 is 0 Å². The van der Waals surface area contributed by atoms with Gasteiger partial charge in [0.1, 0.15) is 11.6 Å². The molecule has 1 nitrogen and oxygen atoms in total. The molecule has 0 saturated heterocycles. The van der Waals surface area contributed by atoms with E-state index in [1.165, 1.54) is 19.1 Å². The molecule has 0 fully saturated rings. The van der Waals surface area contributed by atoms with E-state index in [2.05, 4.69) is 15.9 Å². The van der Waals surface area contributed by atoms with Crippen LogP contribution in [0.5, 0.6) is 0 Å². The molecule has 4 heteroatoms. The molecule has 0 aliphatic carbocycles. The van der Waals surface area contributed by atoms with Crippen LogP contribution in [0.15, 0.2) is 46.9 Å². The molecule has 0 radical (unpaired) electrons. The van der Waals surface area contributed by atoms with Crippen LogP contribution in [-0.2, 0) is 11.2 Å². The van der Waals surface area contributed by atoms with Crippen LogP contribution in [0.2, 0.25) is 5.02 Å². The summed E-state index contributed by atoms with van der Waals surface area (Å²) in [7, 11) is 0. The highest BCUT2D eigenvalue weighted by atomic mass is 79.9. The number of carbonyl (C=O) groups is 1. The average molecular weight is 356 g/mol. The van der Waals surface area contributed by atoms with Crippen molar-refractivity contribution in [2.24, 2.45) is 0 Å². The molecule has 2 aromatic rings. The highest BCUT2D eigenvalue weighted by molar-refractivity contribution is 9.10. The van der Waals surface area contributed by atoms with E-state index in [4.69, 9.17) is 11.6 Å². The maximum absolute atomic E-state index is 13.5. The second-order valence-corrected chi connectivity index (χ2v) is 6.05. The number of carbonyl (C=O) groups excluding carboxylic acids is 1. The number of hydrogen-bond donors (Lipinski definition) is 0. The Bertz CT molecular complexity index is 605. The standard InChI is InChI=1S/C16H13BrClFO/c1-10(20)16(6-11-2-4-14(18)5-3-11)12-7-13(17)9-15(19)8-12/h2-5,7-9,16H,6H2,1H3. The molecule has 2 rings (SSSR count). The smallest absolute Gasteiger partial charge is 0.137 e. The van der Waals surface area contributed by atoms with Crippen molar-refractivity contribution < 1.29 is 9.18 Å². The zero-order valence-electron chi connectivity index (χ0n) is 10.9. The Balaban J connectivity index is 2.31. The molecule has 0 aliphatic rings. The summed E-state index contributed by atoms with van der Waals surface area (Å²) in [5.74, 6) is -0.697. The number of rotatable bonds is 4. The fraction of sp³-hybridized carbons (Fsp3) is 0.188. The van der Waals surface area contributed by atoms with E-state index in [0.717, 1.165) is 5.56 Å². The normalized spacial score (nSPS) is 12.2. The highest BCUT2D eigenvalue weighted by Crippen LogP contribution is 2.26. The van der Waals surface area contributed by atoms with Gasteiger partial charge in [0, 0.05) is 15.4 Å². The molecule has 0 heterocycles. The van der Waals surface area contributed by atoms with Gasteiger partial charge >= 0.3 is 0 Å². The van der Waals surface area contributed by atoms with E-state index < -0.39 is 0 Å². The molecule has 0 saturated carbocycles. The van der Waals surface area contributed by atoms with Crippen LogP contribution < -0.4 is 0 Å². The minimum atomic E-state index is -0.358. The Morgan fingerprint density at radius 2 is 1.90 bits per heavy atom. The van der Waals surface area contributed by atoms with Crippen LogP contribution in [0.3, 0.4) is 0 Å². The summed E-state index contributed by atoms with van der Waals surface area (Å²) in [6.45, 7) is 1.53. The SMILES string of the molecule is CC(=O)C(Cc1ccc(Cl)cc1)c1cc(F)cc(Br)c1. The van der Waals surface area contributed by atoms with Gasteiger partial charge < -0.3 is 0 Å². The van der Waals surface area contributed by atoms with E-state index in [1.54, 1.807) is 18.2 Å². The van der Waals surface area contributed by atoms with E-state index in [0.29, 0.717) is 21.5 Å². The average Bonchev–Trinajstić information content (AvgIpc) is 2.36. The van der Waals surface area contributed by atoms with Gasteiger partial charge in [0.05, 0.1) is 0 Å². The quantitative estimate of drug-likeness (QED) is 0.740. The van der Waals surface area contributed by atoms with Gasteiger partial charge in [0.25, 0.3) is 0 Å². The maximum atomic E-state index is 13.5. The van der Waals surface area contributed by atoms with Crippen molar-refractivity contribution in [1.29, 1.82) is 0 Å². The fourth-order valence-corrected chi connectivity index (χ4v) is 2.74. The zero-order chi connectivity index (χ0) is 14.7. The summed E-state index contributed by atoms with van der Waals surface area (Å²) in [5, 5.41) is 0.654. The number of ketones is 1. The maximum Gasteiger partial charge on any atom is 0.137 e. The summed E-state index contributed by atoms with van der Waals surface area (Å²) in [4.78, 5) is 11.9. The third-order valence-corrected chi connectivity index (χ3v) is 3.84. The lowest BCUT2D eigenvalue weighted by Gasteiger charge is -2.15. The van der Waals surface area contributed by atoms with Gasteiger partial charge in [-0.25, -0.2) is 4.39 Å². The monoisotopic (exact) mass is 354 g/mol. The first-order valence-corrected chi connectivity index (χ1v) is 7.33. The van der Waals surface area contributed by atoms with Gasteiger partial charge in [-0.1, -0.05) is 39.7 Å². The van der Waals surface area contributed by atoms with Gasteiger partial charge in [0.15, 0.2) is 0 Å². The predicted octanol–water partition coefficient (Wildman–Crippen LogP) is 5.16. The Labute approximate surface area is 130 Å². The van der Waals surface area contributed by atoms with E-state index in [9.17, 15) is 9.18 Å². The summed E-state index contributed by atoms with van der Waals surface area (Å²) >= 11 is 9.10. The Morgan fingerprint density at radius 1 is 1.25 bits per heavy atom. The minimum Gasteiger partial charge on any atom is -0.299 e. The van der Waals surface area contributed by atoms with Crippen LogP contribution in [-0.4, -0.2) is 5.78 Å². The molecule has 0 aromatic heterocycles. The first kappa shape index (κ1) is 15.2. The summed E-state index contributed by atoms with van der Waals surface area (Å²) in [5.41, 5.74) is 1.68. The van der Waals surface area contributed by atoms with Crippen molar-refractivity contribution in [3.63, 3.8) is 0 Å². The van der Waals surface area contributed by atoms with Gasteiger partial charge in [-0.15, -0.1) is 0 Å². The Hall–Kier alpha value is -1.19. The minimum absolute atomic E-state index is 0.0115. The van der Waals surface area contributed by atoms with E-state index in [1.807, 2.05) is 12.1 Å². The van der Waals surface area contributed by atoms with Crippen LogP contribution in [0.1, 0.15) is 24.0 Å². The van der Waals surface area contributed by atoms with Crippen LogP contribution in [0.25, 0.3) is 0 Å². The lowest BCUT2D eigenvalue weighted by Crippen LogP contribution is -2.12. The zero-order valence-corrected chi connectivity index (χ0v) is 13.2. The third kappa shape index (κ3) is 3.90. The van der Waals surface area contributed by atoms with Crippen molar-refractivity contribution in [3.05, 3.63) is 68.9 Å². The van der Waals surface area contributed by atoms with Crippen molar-refractivity contribution in [3.8, 4) is 0 Å². The Kier molecular flexibility index (Phi) is 4.95.